The van der Waals surface area contributed by atoms with Crippen LogP contribution >= 0.6 is 0 Å². The summed E-state index contributed by atoms with van der Waals surface area (Å²) in [5, 5.41) is 10.2. The van der Waals surface area contributed by atoms with Crippen LogP contribution in [0.3, 0.4) is 0 Å². The van der Waals surface area contributed by atoms with Crippen LogP contribution in [0, 0.1) is 0 Å². The third-order valence-corrected chi connectivity index (χ3v) is 3.25. The van der Waals surface area contributed by atoms with Crippen molar-refractivity contribution < 1.29 is 56.5 Å². The Morgan fingerprint density at radius 3 is 1.12 bits per heavy atom. The summed E-state index contributed by atoms with van der Waals surface area (Å²) in [6, 6.07) is 0. The first-order valence-corrected chi connectivity index (χ1v) is 7.50. The normalized spacial score (nSPS) is 10.2. The topological polar surface area (TPSA) is 23.1 Å². The van der Waals surface area contributed by atoms with Gasteiger partial charge in [-0.1, -0.05) is 90.4 Å². The molecule has 0 aliphatic rings. The van der Waals surface area contributed by atoms with Crippen LogP contribution in [-0.2, 0) is 0 Å². The molecule has 0 fully saturated rings. The van der Waals surface area contributed by atoms with Gasteiger partial charge in [-0.2, -0.15) is 0 Å². The monoisotopic (exact) mass is 266 g/mol. The minimum absolute atomic E-state index is 0. The van der Waals surface area contributed by atoms with E-state index in [-0.39, 0.29) is 58.0 Å². The van der Waals surface area contributed by atoms with Crippen LogP contribution in [0.15, 0.2) is 0 Å². The van der Waals surface area contributed by atoms with E-state index in [1.807, 2.05) is 0 Å². The number of hydrogen-bond acceptors (Lipinski definition) is 1. The standard InChI is InChI=1S/C15H31O.K/c1-2-3-4-5-6-7-8-9-10-11-12-13-14-15-16;/h2-15H2,1H3;/q-1;+1. The third-order valence-electron chi connectivity index (χ3n) is 3.25. The SMILES string of the molecule is CCCCCCCCCCCCCCC[O-].[K+]. The first kappa shape index (κ1) is 20.9. The summed E-state index contributed by atoms with van der Waals surface area (Å²) in [5.41, 5.74) is 0. The number of hydrogen-bond donors (Lipinski definition) is 0. The third kappa shape index (κ3) is 20.1. The van der Waals surface area contributed by atoms with Crippen LogP contribution < -0.4 is 56.5 Å². The maximum Gasteiger partial charge on any atom is 1.00 e. The molecule has 0 bridgehead atoms. The zero-order chi connectivity index (χ0) is 11.9. The fourth-order valence-corrected chi connectivity index (χ4v) is 2.12. The summed E-state index contributed by atoms with van der Waals surface area (Å²) in [7, 11) is 0. The zero-order valence-electron chi connectivity index (χ0n) is 12.3. The molecular weight excluding hydrogens is 235 g/mol. The van der Waals surface area contributed by atoms with Gasteiger partial charge in [0, 0.05) is 0 Å². The summed E-state index contributed by atoms with van der Waals surface area (Å²) >= 11 is 0. The molecule has 0 spiro atoms. The molecule has 2 heteroatoms. The van der Waals surface area contributed by atoms with Crippen molar-refractivity contribution in [2.45, 2.75) is 90.4 Å². The maximum absolute atomic E-state index is 10.2. The first-order valence-electron chi connectivity index (χ1n) is 7.50. The van der Waals surface area contributed by atoms with Gasteiger partial charge in [-0.15, -0.1) is 6.61 Å². The Morgan fingerprint density at radius 2 is 0.824 bits per heavy atom. The fraction of sp³-hybridized carbons (Fsp3) is 1.00. The number of unbranched alkanes of at least 4 members (excludes halogenated alkanes) is 12. The second kappa shape index (κ2) is 19.9. The van der Waals surface area contributed by atoms with Crippen molar-refractivity contribution in [1.29, 1.82) is 0 Å². The molecule has 0 saturated heterocycles. The van der Waals surface area contributed by atoms with Crippen molar-refractivity contribution in [3.63, 3.8) is 0 Å². The Morgan fingerprint density at radius 1 is 0.529 bits per heavy atom. The molecule has 0 unspecified atom stereocenters. The smallest absolute Gasteiger partial charge is 0.854 e. The molecule has 1 nitrogen and oxygen atoms in total. The van der Waals surface area contributed by atoms with Gasteiger partial charge in [-0.3, -0.25) is 0 Å². The van der Waals surface area contributed by atoms with Gasteiger partial charge in [0.05, 0.1) is 0 Å². The average Bonchev–Trinajstić information content (AvgIpc) is 2.31. The van der Waals surface area contributed by atoms with E-state index in [4.69, 9.17) is 0 Å². The predicted molar refractivity (Wildman–Crippen MR) is 70.6 cm³/mol. The zero-order valence-corrected chi connectivity index (χ0v) is 15.4. The molecule has 0 radical (unpaired) electrons. The van der Waals surface area contributed by atoms with Crippen LogP contribution in [-0.4, -0.2) is 6.61 Å². The molecule has 0 aromatic carbocycles. The van der Waals surface area contributed by atoms with Gasteiger partial charge in [0.2, 0.25) is 0 Å². The van der Waals surface area contributed by atoms with Crippen molar-refractivity contribution in [3.05, 3.63) is 0 Å². The van der Waals surface area contributed by atoms with Gasteiger partial charge in [0.1, 0.15) is 0 Å². The van der Waals surface area contributed by atoms with Crippen molar-refractivity contribution in [3.8, 4) is 0 Å². The second-order valence-electron chi connectivity index (χ2n) is 4.95. The minimum atomic E-state index is 0. The van der Waals surface area contributed by atoms with E-state index in [1.165, 1.54) is 70.6 Å². The number of rotatable bonds is 13. The molecule has 0 saturated carbocycles. The van der Waals surface area contributed by atoms with E-state index >= 15 is 0 Å². The molecule has 0 aromatic rings. The van der Waals surface area contributed by atoms with Crippen LogP contribution in [0.4, 0.5) is 0 Å². The maximum atomic E-state index is 10.2. The van der Waals surface area contributed by atoms with Gasteiger partial charge in [0.15, 0.2) is 0 Å². The molecule has 0 aromatic heterocycles. The summed E-state index contributed by atoms with van der Waals surface area (Å²) in [5.74, 6) is 0. The van der Waals surface area contributed by atoms with E-state index in [2.05, 4.69) is 6.92 Å². The molecule has 17 heavy (non-hydrogen) atoms. The Labute approximate surface area is 152 Å². The van der Waals surface area contributed by atoms with Gasteiger partial charge in [-0.25, -0.2) is 0 Å². The summed E-state index contributed by atoms with van der Waals surface area (Å²) in [6.45, 7) is 2.39. The van der Waals surface area contributed by atoms with E-state index < -0.39 is 0 Å². The molecule has 0 rings (SSSR count). The minimum Gasteiger partial charge on any atom is -0.854 e. The Kier molecular flexibility index (Phi) is 24.5. The summed E-state index contributed by atoms with van der Waals surface area (Å²) < 4.78 is 0. The molecule has 0 N–H and O–H groups in total. The molecule has 0 heterocycles. The Hall–Kier alpha value is 1.60. The van der Waals surface area contributed by atoms with Crippen molar-refractivity contribution in [2.24, 2.45) is 0 Å². The van der Waals surface area contributed by atoms with Crippen LogP contribution in [0.25, 0.3) is 0 Å². The molecule has 0 atom stereocenters. The molecule has 98 valence electrons. The van der Waals surface area contributed by atoms with E-state index in [0.717, 1.165) is 12.8 Å². The van der Waals surface area contributed by atoms with Gasteiger partial charge in [0.25, 0.3) is 0 Å². The van der Waals surface area contributed by atoms with Crippen molar-refractivity contribution >= 4 is 0 Å². The van der Waals surface area contributed by atoms with E-state index in [0.29, 0.717) is 0 Å². The van der Waals surface area contributed by atoms with E-state index in [1.54, 1.807) is 0 Å². The fourth-order valence-electron chi connectivity index (χ4n) is 2.12. The van der Waals surface area contributed by atoms with E-state index in [9.17, 15) is 5.11 Å². The van der Waals surface area contributed by atoms with Gasteiger partial charge in [-0.05, 0) is 0 Å². The molecule has 0 aliphatic carbocycles. The van der Waals surface area contributed by atoms with Crippen molar-refractivity contribution in [2.75, 3.05) is 6.61 Å². The largest absolute Gasteiger partial charge is 1.00 e. The predicted octanol–water partition coefficient (Wildman–Crippen LogP) is 1.44. The van der Waals surface area contributed by atoms with Crippen LogP contribution in [0.1, 0.15) is 90.4 Å². The summed E-state index contributed by atoms with van der Waals surface area (Å²) in [6.07, 6.45) is 17.4. The van der Waals surface area contributed by atoms with Gasteiger partial charge < -0.3 is 5.11 Å². The Bertz CT molecular complexity index is 103. The quantitative estimate of drug-likeness (QED) is 0.365. The van der Waals surface area contributed by atoms with Gasteiger partial charge >= 0.3 is 51.4 Å². The van der Waals surface area contributed by atoms with Crippen molar-refractivity contribution in [1.82, 2.24) is 0 Å². The first-order chi connectivity index (χ1) is 7.91. The Balaban J connectivity index is 0. The van der Waals surface area contributed by atoms with Crippen LogP contribution in [0.5, 0.6) is 0 Å². The summed E-state index contributed by atoms with van der Waals surface area (Å²) in [4.78, 5) is 0. The molecule has 0 amide bonds. The molecule has 0 aliphatic heterocycles. The second-order valence-corrected chi connectivity index (χ2v) is 4.95. The average molecular weight is 267 g/mol. The molecular formula is C15H31KO. The van der Waals surface area contributed by atoms with Crippen LogP contribution in [0.2, 0.25) is 0 Å².